The maximum Gasteiger partial charge on any atom is 0.166 e. The molecule has 0 unspecified atom stereocenters. The van der Waals surface area contributed by atoms with Crippen molar-refractivity contribution in [3.8, 4) is 11.5 Å². The predicted molar refractivity (Wildman–Crippen MR) is 57.3 cm³/mol. The Morgan fingerprint density at radius 1 is 1.40 bits per heavy atom. The van der Waals surface area contributed by atoms with E-state index in [1.165, 1.54) is 0 Å². The second kappa shape index (κ2) is 3.74. The molecular weight excluding hydrogens is 192 g/mol. The third-order valence-electron chi connectivity index (χ3n) is 2.71. The van der Waals surface area contributed by atoms with Gasteiger partial charge in [0.15, 0.2) is 11.5 Å². The van der Waals surface area contributed by atoms with Crippen molar-refractivity contribution in [1.82, 2.24) is 0 Å². The molecule has 0 heterocycles. The van der Waals surface area contributed by atoms with Gasteiger partial charge >= 0.3 is 0 Å². The van der Waals surface area contributed by atoms with E-state index < -0.39 is 5.60 Å². The summed E-state index contributed by atoms with van der Waals surface area (Å²) in [5, 5.41) is 10.1. The molecule has 3 nitrogen and oxygen atoms in total. The maximum absolute atomic E-state index is 10.1. The van der Waals surface area contributed by atoms with Crippen molar-refractivity contribution < 1.29 is 14.6 Å². The molecule has 1 aromatic rings. The van der Waals surface area contributed by atoms with E-state index in [0.29, 0.717) is 18.1 Å². The van der Waals surface area contributed by atoms with Crippen LogP contribution in [0.4, 0.5) is 0 Å². The summed E-state index contributed by atoms with van der Waals surface area (Å²) in [7, 11) is 1.60. The predicted octanol–water partition coefficient (Wildman–Crippen LogP) is 2.08. The number of hydrogen-bond acceptors (Lipinski definition) is 3. The minimum atomic E-state index is -0.682. The average molecular weight is 208 g/mol. The van der Waals surface area contributed by atoms with Gasteiger partial charge in [-0.2, -0.15) is 0 Å². The Morgan fingerprint density at radius 2 is 2.13 bits per heavy atom. The van der Waals surface area contributed by atoms with Gasteiger partial charge in [0, 0.05) is 5.56 Å². The average Bonchev–Trinajstić information content (AvgIpc) is 2.98. The third-order valence-corrected chi connectivity index (χ3v) is 2.71. The Hall–Kier alpha value is -1.22. The lowest BCUT2D eigenvalue weighted by Crippen LogP contribution is -2.08. The Kier molecular flexibility index (Phi) is 2.57. The Balaban J connectivity index is 2.41. The van der Waals surface area contributed by atoms with Gasteiger partial charge in [-0.3, -0.25) is 0 Å². The summed E-state index contributed by atoms with van der Waals surface area (Å²) < 4.78 is 10.8. The van der Waals surface area contributed by atoms with Crippen LogP contribution < -0.4 is 9.47 Å². The van der Waals surface area contributed by atoms with Crippen LogP contribution in [0.15, 0.2) is 18.2 Å². The van der Waals surface area contributed by atoms with Crippen molar-refractivity contribution in [3.63, 3.8) is 0 Å². The Morgan fingerprint density at radius 3 is 2.67 bits per heavy atom. The molecule has 2 rings (SSSR count). The second-order valence-corrected chi connectivity index (χ2v) is 3.80. The first-order chi connectivity index (χ1) is 7.21. The molecule has 3 heteroatoms. The lowest BCUT2D eigenvalue weighted by Gasteiger charge is -2.16. The molecule has 0 atom stereocenters. The van der Waals surface area contributed by atoms with E-state index in [-0.39, 0.29) is 0 Å². The standard InChI is InChI=1S/C12H16O3/c1-3-15-10-6-4-5-9(11(10)14-2)12(13)7-8-12/h4-6,13H,3,7-8H2,1-2H3. The number of benzene rings is 1. The molecule has 1 fully saturated rings. The summed E-state index contributed by atoms with van der Waals surface area (Å²) in [6, 6.07) is 5.64. The van der Waals surface area contributed by atoms with Gasteiger partial charge in [-0.05, 0) is 25.8 Å². The second-order valence-electron chi connectivity index (χ2n) is 3.80. The zero-order valence-electron chi connectivity index (χ0n) is 9.12. The SMILES string of the molecule is CCOc1cccc(C2(O)CC2)c1OC. The van der Waals surface area contributed by atoms with Crippen LogP contribution in [0, 0.1) is 0 Å². The molecule has 1 aliphatic carbocycles. The first-order valence-corrected chi connectivity index (χ1v) is 5.24. The molecule has 1 N–H and O–H groups in total. The molecule has 0 aliphatic heterocycles. The van der Waals surface area contributed by atoms with Crippen LogP contribution >= 0.6 is 0 Å². The van der Waals surface area contributed by atoms with Gasteiger partial charge in [0.1, 0.15) is 0 Å². The minimum absolute atomic E-state index is 0.595. The third kappa shape index (κ3) is 1.79. The van der Waals surface area contributed by atoms with Crippen molar-refractivity contribution in [3.05, 3.63) is 23.8 Å². The number of methoxy groups -OCH3 is 1. The summed E-state index contributed by atoms with van der Waals surface area (Å²) in [6.45, 7) is 2.52. The molecule has 0 bridgehead atoms. The van der Waals surface area contributed by atoms with Crippen molar-refractivity contribution >= 4 is 0 Å². The van der Waals surface area contributed by atoms with E-state index in [4.69, 9.17) is 9.47 Å². The van der Waals surface area contributed by atoms with Gasteiger partial charge in [-0.25, -0.2) is 0 Å². The van der Waals surface area contributed by atoms with Crippen LogP contribution in [0.3, 0.4) is 0 Å². The van der Waals surface area contributed by atoms with E-state index in [2.05, 4.69) is 0 Å². The van der Waals surface area contributed by atoms with Crippen molar-refractivity contribution in [2.24, 2.45) is 0 Å². The quantitative estimate of drug-likeness (QED) is 0.823. The number of para-hydroxylation sites is 1. The van der Waals surface area contributed by atoms with E-state index in [0.717, 1.165) is 18.4 Å². The highest BCUT2D eigenvalue weighted by atomic mass is 16.5. The topological polar surface area (TPSA) is 38.7 Å². The normalized spacial score (nSPS) is 17.3. The summed E-state index contributed by atoms with van der Waals surface area (Å²) in [4.78, 5) is 0. The molecule has 82 valence electrons. The van der Waals surface area contributed by atoms with Gasteiger partial charge in [0.2, 0.25) is 0 Å². The number of aliphatic hydroxyl groups is 1. The van der Waals surface area contributed by atoms with Crippen LogP contribution in [0.25, 0.3) is 0 Å². The van der Waals surface area contributed by atoms with Crippen molar-refractivity contribution in [2.75, 3.05) is 13.7 Å². The Labute approximate surface area is 89.6 Å². The Bertz CT molecular complexity index is 356. The molecule has 0 spiro atoms. The molecule has 0 saturated heterocycles. The van der Waals surface area contributed by atoms with Gasteiger partial charge in [0.05, 0.1) is 19.3 Å². The largest absolute Gasteiger partial charge is 0.492 e. The highest BCUT2D eigenvalue weighted by molar-refractivity contribution is 5.50. The van der Waals surface area contributed by atoms with Gasteiger partial charge < -0.3 is 14.6 Å². The highest BCUT2D eigenvalue weighted by Crippen LogP contribution is 2.50. The monoisotopic (exact) mass is 208 g/mol. The number of hydrogen-bond donors (Lipinski definition) is 1. The zero-order valence-corrected chi connectivity index (χ0v) is 9.12. The fourth-order valence-corrected chi connectivity index (χ4v) is 1.75. The van der Waals surface area contributed by atoms with Crippen molar-refractivity contribution in [2.45, 2.75) is 25.4 Å². The molecule has 0 aromatic heterocycles. The zero-order chi connectivity index (χ0) is 10.9. The molecule has 1 aliphatic rings. The van der Waals surface area contributed by atoms with Crippen LogP contribution in [-0.4, -0.2) is 18.8 Å². The smallest absolute Gasteiger partial charge is 0.166 e. The summed E-state index contributed by atoms with van der Waals surface area (Å²) in [5.41, 5.74) is 0.161. The van der Waals surface area contributed by atoms with Gasteiger partial charge in [-0.15, -0.1) is 0 Å². The van der Waals surface area contributed by atoms with Crippen LogP contribution in [0.1, 0.15) is 25.3 Å². The fourth-order valence-electron chi connectivity index (χ4n) is 1.75. The minimum Gasteiger partial charge on any atom is -0.492 e. The summed E-state index contributed by atoms with van der Waals surface area (Å²) in [6.07, 6.45) is 1.61. The first-order valence-electron chi connectivity index (χ1n) is 5.24. The van der Waals surface area contributed by atoms with E-state index in [1.54, 1.807) is 7.11 Å². The molecular formula is C12H16O3. The van der Waals surface area contributed by atoms with Crippen molar-refractivity contribution in [1.29, 1.82) is 0 Å². The highest BCUT2D eigenvalue weighted by Gasteiger charge is 2.44. The van der Waals surface area contributed by atoms with Crippen LogP contribution in [0.2, 0.25) is 0 Å². The lowest BCUT2D eigenvalue weighted by molar-refractivity contribution is 0.146. The van der Waals surface area contributed by atoms with Gasteiger partial charge in [0.25, 0.3) is 0 Å². The number of rotatable bonds is 4. The first kappa shape index (κ1) is 10.3. The summed E-state index contributed by atoms with van der Waals surface area (Å²) in [5.74, 6) is 1.37. The van der Waals surface area contributed by atoms with E-state index >= 15 is 0 Å². The molecule has 15 heavy (non-hydrogen) atoms. The molecule has 0 radical (unpaired) electrons. The molecule has 1 aromatic carbocycles. The maximum atomic E-state index is 10.1. The summed E-state index contributed by atoms with van der Waals surface area (Å²) >= 11 is 0. The van der Waals surface area contributed by atoms with Crippen LogP contribution in [0.5, 0.6) is 11.5 Å². The number of ether oxygens (including phenoxy) is 2. The fraction of sp³-hybridized carbons (Fsp3) is 0.500. The lowest BCUT2D eigenvalue weighted by atomic mass is 10.1. The van der Waals surface area contributed by atoms with E-state index in [9.17, 15) is 5.11 Å². The van der Waals surface area contributed by atoms with Crippen LogP contribution in [-0.2, 0) is 5.60 Å². The van der Waals surface area contributed by atoms with E-state index in [1.807, 2.05) is 25.1 Å². The molecule has 0 amide bonds. The molecule has 1 saturated carbocycles. The van der Waals surface area contributed by atoms with Gasteiger partial charge in [-0.1, -0.05) is 12.1 Å².